The molecule has 2 heterocycles. The molecule has 3 rings (SSSR count). The van der Waals surface area contributed by atoms with Crippen LogP contribution < -0.4 is 10.6 Å². The maximum absolute atomic E-state index is 13.2. The molecule has 0 aliphatic carbocycles. The quantitative estimate of drug-likeness (QED) is 0.462. The maximum atomic E-state index is 13.2. The fourth-order valence-electron chi connectivity index (χ4n) is 3.91. The molecule has 186 valence electrons. The Labute approximate surface area is 198 Å². The maximum Gasteiger partial charge on any atom is 0.338 e. The summed E-state index contributed by atoms with van der Waals surface area (Å²) in [7, 11) is -4.09. The number of amides is 2. The van der Waals surface area contributed by atoms with Crippen molar-refractivity contribution in [2.45, 2.75) is 57.2 Å². The molecule has 12 heteroatoms. The third kappa shape index (κ3) is 5.24. The van der Waals surface area contributed by atoms with Crippen LogP contribution in [0.25, 0.3) is 0 Å². The zero-order valence-electron chi connectivity index (χ0n) is 19.5. The molecule has 2 amide bonds. The highest BCUT2D eigenvalue weighted by molar-refractivity contribution is 7.89. The molecule has 2 aliphatic rings. The number of urea groups is 1. The van der Waals surface area contributed by atoms with E-state index in [1.54, 1.807) is 26.8 Å². The molecule has 3 atom stereocenters. The first-order valence-corrected chi connectivity index (χ1v) is 12.3. The Kier molecular flexibility index (Phi) is 7.64. The summed E-state index contributed by atoms with van der Waals surface area (Å²) in [5, 5.41) is 15.1. The van der Waals surface area contributed by atoms with Crippen LogP contribution in [-0.2, 0) is 29.1 Å². The lowest BCUT2D eigenvalue weighted by atomic mass is 10.0. The van der Waals surface area contributed by atoms with Crippen molar-refractivity contribution in [1.29, 1.82) is 0 Å². The molecule has 0 aromatic heterocycles. The molecule has 1 aromatic rings. The highest BCUT2D eigenvalue weighted by Gasteiger charge is 2.44. The van der Waals surface area contributed by atoms with Gasteiger partial charge in [-0.15, -0.1) is 0 Å². The topological polar surface area (TPSA) is 151 Å². The standard InChI is InChI=1S/C22H29N3O8S/c1-5-32-21(28)19-14(4)23-22(29)24-17(19)11-33-20(27)18-9-15(26)10-25(18)34(30,31)16-7-6-12(2)13(3)8-16/h6-8,14-15,18,26H,5,9-11H2,1-4H3,(H2,23,24,29)/t14?,15?,18-/m0/s1. The lowest BCUT2D eigenvalue weighted by molar-refractivity contribution is -0.147. The lowest BCUT2D eigenvalue weighted by Crippen LogP contribution is -2.50. The normalized spacial score (nSPS) is 23.3. The summed E-state index contributed by atoms with van der Waals surface area (Å²) < 4.78 is 37.7. The van der Waals surface area contributed by atoms with Gasteiger partial charge in [0.05, 0.1) is 34.9 Å². The van der Waals surface area contributed by atoms with Gasteiger partial charge in [-0.1, -0.05) is 6.07 Å². The number of rotatable bonds is 7. The molecule has 1 fully saturated rings. The Morgan fingerprint density at radius 1 is 1.21 bits per heavy atom. The number of sulfonamides is 1. The molecular formula is C22H29N3O8S. The fraction of sp³-hybridized carbons (Fsp3) is 0.500. The third-order valence-electron chi connectivity index (χ3n) is 5.81. The molecular weight excluding hydrogens is 466 g/mol. The fourth-order valence-corrected chi connectivity index (χ4v) is 5.62. The molecule has 0 bridgehead atoms. The summed E-state index contributed by atoms with van der Waals surface area (Å²) in [6, 6.07) is 2.11. The van der Waals surface area contributed by atoms with Crippen molar-refractivity contribution >= 4 is 28.0 Å². The summed E-state index contributed by atoms with van der Waals surface area (Å²) in [4.78, 5) is 37.1. The molecule has 11 nitrogen and oxygen atoms in total. The van der Waals surface area contributed by atoms with E-state index in [4.69, 9.17) is 9.47 Å². The number of esters is 2. The molecule has 1 aromatic carbocycles. The van der Waals surface area contributed by atoms with Crippen LogP contribution >= 0.6 is 0 Å². The van der Waals surface area contributed by atoms with Gasteiger partial charge in [0.2, 0.25) is 10.0 Å². The Morgan fingerprint density at radius 2 is 1.91 bits per heavy atom. The van der Waals surface area contributed by atoms with Gasteiger partial charge in [-0.3, -0.25) is 4.79 Å². The number of benzene rings is 1. The molecule has 1 saturated heterocycles. The van der Waals surface area contributed by atoms with E-state index in [0.29, 0.717) is 0 Å². The van der Waals surface area contributed by atoms with Crippen molar-refractivity contribution in [1.82, 2.24) is 14.9 Å². The van der Waals surface area contributed by atoms with Gasteiger partial charge >= 0.3 is 18.0 Å². The smallest absolute Gasteiger partial charge is 0.338 e. The van der Waals surface area contributed by atoms with Crippen LogP contribution in [0.2, 0.25) is 0 Å². The minimum atomic E-state index is -4.09. The van der Waals surface area contributed by atoms with Crippen LogP contribution in [0.15, 0.2) is 34.4 Å². The van der Waals surface area contributed by atoms with Gasteiger partial charge in [-0.05, 0) is 51.0 Å². The highest BCUT2D eigenvalue weighted by atomic mass is 32.2. The van der Waals surface area contributed by atoms with E-state index in [1.807, 2.05) is 6.92 Å². The van der Waals surface area contributed by atoms with Gasteiger partial charge < -0.3 is 25.2 Å². The summed E-state index contributed by atoms with van der Waals surface area (Å²) in [5.41, 5.74) is 1.83. The van der Waals surface area contributed by atoms with E-state index in [1.165, 1.54) is 12.1 Å². The van der Waals surface area contributed by atoms with E-state index >= 15 is 0 Å². The number of ether oxygens (including phenoxy) is 2. The number of aliphatic hydroxyl groups is 1. The minimum absolute atomic E-state index is 0.00856. The van der Waals surface area contributed by atoms with E-state index in [-0.39, 0.29) is 35.7 Å². The SMILES string of the molecule is CCOC(=O)C1=C(COC(=O)[C@@H]2CC(O)CN2S(=O)(=O)c2ccc(C)c(C)c2)NC(=O)NC1C. The number of nitrogens with one attached hydrogen (secondary N) is 2. The predicted molar refractivity (Wildman–Crippen MR) is 120 cm³/mol. The molecule has 0 radical (unpaired) electrons. The first-order valence-electron chi connectivity index (χ1n) is 10.9. The van der Waals surface area contributed by atoms with Crippen molar-refractivity contribution in [2.24, 2.45) is 0 Å². The number of nitrogens with zero attached hydrogens (tertiary/aromatic N) is 1. The van der Waals surface area contributed by atoms with Gasteiger partial charge in [0.1, 0.15) is 12.6 Å². The molecule has 3 N–H and O–H groups in total. The van der Waals surface area contributed by atoms with E-state index in [2.05, 4.69) is 10.6 Å². The molecule has 34 heavy (non-hydrogen) atoms. The summed E-state index contributed by atoms with van der Waals surface area (Å²) in [6.45, 7) is 6.22. The molecule has 0 spiro atoms. The van der Waals surface area contributed by atoms with Crippen LogP contribution in [0, 0.1) is 13.8 Å². The lowest BCUT2D eigenvalue weighted by Gasteiger charge is -2.27. The second-order valence-corrected chi connectivity index (χ2v) is 10.2. The third-order valence-corrected chi connectivity index (χ3v) is 7.69. The van der Waals surface area contributed by atoms with Gasteiger partial charge in [0, 0.05) is 13.0 Å². The summed E-state index contributed by atoms with van der Waals surface area (Å²) in [6.07, 6.45) is -1.19. The number of hydrogen-bond acceptors (Lipinski definition) is 8. The number of β-amino-alcohol motifs (C(OH)–C–C–N with tert-alkyl or cyclic N) is 1. The Balaban J connectivity index is 1.82. The second kappa shape index (κ2) is 10.1. The molecule has 0 saturated carbocycles. The van der Waals surface area contributed by atoms with Crippen molar-refractivity contribution in [3.05, 3.63) is 40.6 Å². The van der Waals surface area contributed by atoms with Crippen LogP contribution in [0.5, 0.6) is 0 Å². The highest BCUT2D eigenvalue weighted by Crippen LogP contribution is 2.28. The Bertz CT molecular complexity index is 1130. The van der Waals surface area contributed by atoms with Crippen LogP contribution in [0.4, 0.5) is 4.79 Å². The van der Waals surface area contributed by atoms with E-state index < -0.39 is 52.8 Å². The number of carbonyl (C=O) groups excluding carboxylic acids is 3. The largest absolute Gasteiger partial charge is 0.463 e. The van der Waals surface area contributed by atoms with Crippen molar-refractivity contribution < 1.29 is 37.4 Å². The van der Waals surface area contributed by atoms with Gasteiger partial charge in [-0.25, -0.2) is 18.0 Å². The minimum Gasteiger partial charge on any atom is -0.463 e. The second-order valence-electron chi connectivity index (χ2n) is 8.27. The predicted octanol–water partition coefficient (Wildman–Crippen LogP) is 0.489. The van der Waals surface area contributed by atoms with Crippen molar-refractivity contribution in [3.8, 4) is 0 Å². The average molecular weight is 496 g/mol. The first-order chi connectivity index (χ1) is 15.9. The van der Waals surface area contributed by atoms with Crippen molar-refractivity contribution in [3.63, 3.8) is 0 Å². The number of aliphatic hydroxyl groups excluding tert-OH is 1. The van der Waals surface area contributed by atoms with Gasteiger partial charge in [0.15, 0.2) is 0 Å². The first kappa shape index (κ1) is 25.7. The van der Waals surface area contributed by atoms with Gasteiger partial charge in [0.25, 0.3) is 0 Å². The number of hydrogen-bond donors (Lipinski definition) is 3. The number of carbonyl (C=O) groups is 3. The Morgan fingerprint density at radius 3 is 2.56 bits per heavy atom. The summed E-state index contributed by atoms with van der Waals surface area (Å²) in [5.74, 6) is -1.58. The average Bonchev–Trinajstić information content (AvgIpc) is 3.16. The van der Waals surface area contributed by atoms with Crippen LogP contribution in [0.1, 0.15) is 31.4 Å². The Hall–Kier alpha value is -2.96. The zero-order chi connectivity index (χ0) is 25.2. The van der Waals surface area contributed by atoms with Crippen LogP contribution in [0.3, 0.4) is 0 Å². The molecule has 2 aliphatic heterocycles. The van der Waals surface area contributed by atoms with Gasteiger partial charge in [-0.2, -0.15) is 4.31 Å². The van der Waals surface area contributed by atoms with E-state index in [9.17, 15) is 27.9 Å². The number of aryl methyl sites for hydroxylation is 2. The van der Waals surface area contributed by atoms with Crippen molar-refractivity contribution in [2.75, 3.05) is 19.8 Å². The summed E-state index contributed by atoms with van der Waals surface area (Å²) >= 11 is 0. The zero-order valence-corrected chi connectivity index (χ0v) is 20.3. The van der Waals surface area contributed by atoms with E-state index in [0.717, 1.165) is 15.4 Å². The monoisotopic (exact) mass is 495 g/mol. The van der Waals surface area contributed by atoms with Crippen LogP contribution in [-0.4, -0.2) is 73.7 Å². The molecule has 2 unspecified atom stereocenters.